The molecule has 62 heavy (non-hydrogen) atoms. The number of rotatable bonds is 10. The largest absolute Gasteiger partial charge is 0.488 e. The van der Waals surface area contributed by atoms with Crippen LogP contribution in [0.4, 0.5) is 15.8 Å². The first-order valence-corrected chi connectivity index (χ1v) is 21.3. The number of carbonyl (C=O) groups is 4. The van der Waals surface area contributed by atoms with Crippen molar-refractivity contribution in [3.63, 3.8) is 0 Å². The van der Waals surface area contributed by atoms with Crippen LogP contribution in [0.25, 0.3) is 10.9 Å². The van der Waals surface area contributed by atoms with Crippen LogP contribution in [0.2, 0.25) is 0 Å². The highest BCUT2D eigenvalue weighted by atomic mass is 19.1. The Morgan fingerprint density at radius 3 is 2.31 bits per heavy atom. The molecule has 4 aromatic rings. The molecule has 5 heterocycles. The van der Waals surface area contributed by atoms with E-state index in [0.717, 1.165) is 51.3 Å². The van der Waals surface area contributed by atoms with Gasteiger partial charge in [-0.2, -0.15) is 5.26 Å². The van der Waals surface area contributed by atoms with Crippen molar-refractivity contribution < 1.29 is 28.3 Å². The third kappa shape index (κ3) is 8.21. The van der Waals surface area contributed by atoms with Crippen LogP contribution in [0, 0.1) is 33.9 Å². The molecule has 3 saturated heterocycles. The number of ether oxygens (including phenoxy) is 1. The van der Waals surface area contributed by atoms with E-state index in [1.165, 1.54) is 18.3 Å². The van der Waals surface area contributed by atoms with Crippen LogP contribution < -0.4 is 35.9 Å². The van der Waals surface area contributed by atoms with Crippen molar-refractivity contribution in [1.29, 1.82) is 5.26 Å². The molecular formula is C46H52FN9O6. The lowest BCUT2D eigenvalue weighted by Gasteiger charge is -2.63. The number of H-pyrrole nitrogens is 1. The minimum Gasteiger partial charge on any atom is -0.488 e. The van der Waals surface area contributed by atoms with E-state index < -0.39 is 34.5 Å². The summed E-state index contributed by atoms with van der Waals surface area (Å²) in [5.74, 6) is -1.25. The number of halogens is 1. The highest BCUT2D eigenvalue weighted by Crippen LogP contribution is 2.56. The molecule has 8 rings (SSSR count). The Labute approximate surface area is 359 Å². The Morgan fingerprint density at radius 2 is 1.65 bits per heavy atom. The highest BCUT2D eigenvalue weighted by Gasteiger charge is 2.64. The van der Waals surface area contributed by atoms with Gasteiger partial charge in [0.25, 0.3) is 11.8 Å². The summed E-state index contributed by atoms with van der Waals surface area (Å²) in [5, 5.41) is 17.9. The smallest absolute Gasteiger partial charge is 0.270 e. The third-order valence-electron chi connectivity index (χ3n) is 13.3. The molecule has 15 nitrogen and oxygen atoms in total. The molecule has 1 atom stereocenters. The number of nitriles is 1. The van der Waals surface area contributed by atoms with Gasteiger partial charge < -0.3 is 30.2 Å². The molecule has 4 N–H and O–H groups in total. The van der Waals surface area contributed by atoms with E-state index in [4.69, 9.17) is 4.74 Å². The fourth-order valence-corrected chi connectivity index (χ4v) is 10.2. The summed E-state index contributed by atoms with van der Waals surface area (Å²) in [6, 6.07) is 13.9. The minimum atomic E-state index is -0.756. The van der Waals surface area contributed by atoms with Crippen LogP contribution in [0.1, 0.15) is 79.8 Å². The van der Waals surface area contributed by atoms with Gasteiger partial charge in [0, 0.05) is 86.9 Å². The summed E-state index contributed by atoms with van der Waals surface area (Å²) in [7, 11) is 0. The van der Waals surface area contributed by atoms with Crippen LogP contribution in [0.15, 0.2) is 65.7 Å². The second-order valence-corrected chi connectivity index (χ2v) is 18.1. The van der Waals surface area contributed by atoms with Gasteiger partial charge in [0.2, 0.25) is 11.8 Å². The summed E-state index contributed by atoms with van der Waals surface area (Å²) in [4.78, 5) is 76.7. The van der Waals surface area contributed by atoms with Gasteiger partial charge in [-0.05, 0) is 67.6 Å². The molecule has 4 aliphatic rings. The second kappa shape index (κ2) is 16.8. The quantitative estimate of drug-likeness (QED) is 0.168. The van der Waals surface area contributed by atoms with Crippen LogP contribution >= 0.6 is 0 Å². The number of nitrogens with one attached hydrogen (secondary N) is 4. The molecule has 3 aliphatic heterocycles. The van der Waals surface area contributed by atoms with Crippen molar-refractivity contribution in [1.82, 2.24) is 30.8 Å². The molecule has 2 aromatic carbocycles. The van der Waals surface area contributed by atoms with Crippen molar-refractivity contribution in [3.05, 3.63) is 93.8 Å². The van der Waals surface area contributed by atoms with E-state index in [1.54, 1.807) is 36.5 Å². The van der Waals surface area contributed by atoms with Crippen LogP contribution in [0.3, 0.4) is 0 Å². The molecule has 324 valence electrons. The number of amides is 4. The number of pyridine rings is 2. The van der Waals surface area contributed by atoms with E-state index >= 15 is 4.39 Å². The number of imide groups is 1. The fourth-order valence-electron chi connectivity index (χ4n) is 10.2. The van der Waals surface area contributed by atoms with Crippen molar-refractivity contribution in [2.24, 2.45) is 16.7 Å². The second-order valence-electron chi connectivity index (χ2n) is 18.1. The van der Waals surface area contributed by atoms with Gasteiger partial charge in [-0.15, -0.1) is 0 Å². The zero-order valence-corrected chi connectivity index (χ0v) is 35.4. The predicted octanol–water partition coefficient (Wildman–Crippen LogP) is 4.12. The topological polar surface area (TPSA) is 193 Å². The van der Waals surface area contributed by atoms with Gasteiger partial charge in [-0.3, -0.25) is 34.2 Å². The number of anilines is 2. The summed E-state index contributed by atoms with van der Waals surface area (Å²) >= 11 is 0. The van der Waals surface area contributed by atoms with Gasteiger partial charge in [0.1, 0.15) is 35.5 Å². The number of piperidine rings is 2. The molecule has 1 aliphatic carbocycles. The number of benzene rings is 2. The van der Waals surface area contributed by atoms with E-state index in [0.29, 0.717) is 46.9 Å². The maximum absolute atomic E-state index is 15.7. The zero-order valence-electron chi connectivity index (χ0n) is 35.4. The molecule has 1 saturated carbocycles. The summed E-state index contributed by atoms with van der Waals surface area (Å²) in [6.07, 6.45) is 5.10. The van der Waals surface area contributed by atoms with Crippen molar-refractivity contribution in [2.75, 3.05) is 55.6 Å². The molecule has 0 spiro atoms. The number of hydrogen-bond acceptors (Lipinski definition) is 11. The van der Waals surface area contributed by atoms with Gasteiger partial charge in [-0.25, -0.2) is 9.37 Å². The molecular weight excluding hydrogens is 794 g/mol. The summed E-state index contributed by atoms with van der Waals surface area (Å²) in [6.45, 7) is 13.8. The Bertz CT molecular complexity index is 2480. The Morgan fingerprint density at radius 1 is 0.903 bits per heavy atom. The van der Waals surface area contributed by atoms with Crippen LogP contribution in [-0.4, -0.2) is 102 Å². The first-order chi connectivity index (χ1) is 29.6. The van der Waals surface area contributed by atoms with Crippen LogP contribution in [0.5, 0.6) is 5.75 Å². The predicted molar refractivity (Wildman–Crippen MR) is 230 cm³/mol. The molecule has 0 radical (unpaired) electrons. The fraction of sp³-hybridized carbons (Fsp3) is 0.457. The Balaban J connectivity index is 0.798. The van der Waals surface area contributed by atoms with Gasteiger partial charge in [0.05, 0.1) is 34.0 Å². The molecule has 4 fully saturated rings. The lowest BCUT2D eigenvalue weighted by Crippen LogP contribution is -2.74. The summed E-state index contributed by atoms with van der Waals surface area (Å²) in [5.41, 5.74) is 1.26. The lowest BCUT2D eigenvalue weighted by atomic mass is 9.49. The summed E-state index contributed by atoms with van der Waals surface area (Å²) < 4.78 is 22.2. The lowest BCUT2D eigenvalue weighted by molar-refractivity contribution is -0.163. The van der Waals surface area contributed by atoms with E-state index in [-0.39, 0.29) is 53.5 Å². The maximum atomic E-state index is 15.7. The van der Waals surface area contributed by atoms with Gasteiger partial charge >= 0.3 is 0 Å². The van der Waals surface area contributed by atoms with E-state index in [1.807, 2.05) is 33.8 Å². The number of fused-ring (bicyclic) bond motifs is 1. The van der Waals surface area contributed by atoms with Gasteiger partial charge in [0.15, 0.2) is 5.43 Å². The SMILES string of the molecule is CC1(C)C(NC(=O)c2ccc(N3CCC(CN4CCN(c5ccc(C(=O)N[C@H]6CCC(=O)NC6=O)nc5)CC4)CC3)c(F)c2)C(C)(C)C1Oc1ccc(C#N)c2[nH]ccc(=O)c12. The first-order valence-electron chi connectivity index (χ1n) is 21.3. The minimum absolute atomic E-state index is 0.181. The number of carbonyl (C=O) groups excluding carboxylic acids is 4. The van der Waals surface area contributed by atoms with E-state index in [2.05, 4.69) is 46.7 Å². The number of nitrogens with zero attached hydrogens (tertiary/aromatic N) is 5. The normalized spacial score (nSPS) is 22.6. The molecule has 2 aromatic heterocycles. The standard InChI is InChI=1S/C46H52FN9O6/c1-45(2)43(46(3,4)44(45)62-36-11-6-29(24-48)39-38(36)35(57)13-16-49-39)53-40(59)28-5-10-34(31(47)23-28)56-17-14-27(15-18-56)26-54-19-21-55(22-20-54)30-7-8-32(50-25-30)41(60)51-33-9-12-37(58)52-42(33)61/h5-8,10-11,13,16,23,25,27,33,43-44H,9,12,14-15,17-22,26H2,1-4H3,(H,49,57)(H,51,60)(H,53,59)(H,52,58,61)/t33-,43?,44?/m0/s1. The highest BCUT2D eigenvalue weighted by molar-refractivity contribution is 6.03. The van der Waals surface area contributed by atoms with Crippen molar-refractivity contribution in [3.8, 4) is 11.8 Å². The third-order valence-corrected chi connectivity index (χ3v) is 13.3. The van der Waals surface area contributed by atoms with E-state index in [9.17, 15) is 29.2 Å². The molecule has 0 unspecified atom stereocenters. The number of aromatic nitrogens is 2. The zero-order chi connectivity index (χ0) is 43.9. The number of hydrogen-bond donors (Lipinski definition) is 4. The maximum Gasteiger partial charge on any atom is 0.270 e. The monoisotopic (exact) mass is 845 g/mol. The molecule has 4 amide bonds. The Hall–Kier alpha value is -6.34. The van der Waals surface area contributed by atoms with Crippen molar-refractivity contribution >= 4 is 45.9 Å². The molecule has 0 bridgehead atoms. The first kappa shape index (κ1) is 42.4. The average molecular weight is 846 g/mol. The average Bonchev–Trinajstić information content (AvgIpc) is 3.26. The van der Waals surface area contributed by atoms with Gasteiger partial charge in [-0.1, -0.05) is 27.7 Å². The van der Waals surface area contributed by atoms with Crippen LogP contribution in [-0.2, 0) is 9.59 Å². The Kier molecular flexibility index (Phi) is 11.5. The molecule has 16 heteroatoms. The van der Waals surface area contributed by atoms with Crippen molar-refractivity contribution in [2.45, 2.75) is 71.6 Å². The number of piperazine rings is 1. The number of aromatic amines is 1.